The minimum Gasteiger partial charge on any atom is -0.390 e. The molecule has 0 spiro atoms. The molecule has 0 aromatic heterocycles. The number of fused-ring (bicyclic) bond motifs is 4. The smallest absolute Gasteiger partial charge is 0.0696 e. The van der Waals surface area contributed by atoms with E-state index in [0.29, 0.717) is 17.4 Å². The lowest BCUT2D eigenvalue weighted by molar-refractivity contribution is -0.0744. The summed E-state index contributed by atoms with van der Waals surface area (Å²) in [5, 5.41) is 14.3. The van der Waals surface area contributed by atoms with Crippen molar-refractivity contribution < 1.29 is 5.11 Å². The second-order valence-electron chi connectivity index (χ2n) is 6.10. The maximum Gasteiger partial charge on any atom is 0.0696 e. The van der Waals surface area contributed by atoms with Crippen LogP contribution in [0.15, 0.2) is 0 Å². The second-order valence-corrected chi connectivity index (χ2v) is 6.10. The van der Waals surface area contributed by atoms with Crippen LogP contribution in [0.1, 0.15) is 45.4 Å². The predicted octanol–water partition coefficient (Wildman–Crippen LogP) is 1.68. The molecule has 3 rings (SSSR count). The lowest BCUT2D eigenvalue weighted by atomic mass is 9.65. The van der Waals surface area contributed by atoms with Crippen LogP contribution >= 0.6 is 0 Å². The van der Waals surface area contributed by atoms with E-state index in [2.05, 4.69) is 12.2 Å². The molecule has 2 N–H and O–H groups in total. The SMILES string of the molecule is CC12CCC(O)(C1)C1CCCNC1C2. The van der Waals surface area contributed by atoms with E-state index in [0.717, 1.165) is 19.4 Å². The molecule has 2 bridgehead atoms. The van der Waals surface area contributed by atoms with Gasteiger partial charge in [-0.15, -0.1) is 0 Å². The normalized spacial score (nSPS) is 57.0. The van der Waals surface area contributed by atoms with Crippen LogP contribution in [0.3, 0.4) is 0 Å². The summed E-state index contributed by atoms with van der Waals surface area (Å²) in [4.78, 5) is 0. The van der Waals surface area contributed by atoms with Crippen LogP contribution in [0.25, 0.3) is 0 Å². The van der Waals surface area contributed by atoms with Gasteiger partial charge in [0, 0.05) is 12.0 Å². The summed E-state index contributed by atoms with van der Waals surface area (Å²) < 4.78 is 0. The van der Waals surface area contributed by atoms with Gasteiger partial charge in [0.25, 0.3) is 0 Å². The van der Waals surface area contributed by atoms with E-state index >= 15 is 0 Å². The lowest BCUT2D eigenvalue weighted by Gasteiger charge is -2.48. The monoisotopic (exact) mass is 195 g/mol. The van der Waals surface area contributed by atoms with Crippen LogP contribution in [0.5, 0.6) is 0 Å². The van der Waals surface area contributed by atoms with Gasteiger partial charge >= 0.3 is 0 Å². The standard InChI is InChI=1S/C12H21NO/c1-11-4-5-12(14,8-11)9-3-2-6-13-10(9)7-11/h9-10,13-14H,2-8H2,1H3. The van der Waals surface area contributed by atoms with Gasteiger partial charge in [-0.3, -0.25) is 0 Å². The summed E-state index contributed by atoms with van der Waals surface area (Å²) >= 11 is 0. The molecule has 0 aromatic rings. The minimum atomic E-state index is -0.314. The Morgan fingerprint density at radius 3 is 3.07 bits per heavy atom. The third-order valence-corrected chi connectivity index (χ3v) is 4.88. The van der Waals surface area contributed by atoms with Crippen LogP contribution in [-0.4, -0.2) is 23.3 Å². The van der Waals surface area contributed by atoms with Crippen molar-refractivity contribution in [3.63, 3.8) is 0 Å². The van der Waals surface area contributed by atoms with Gasteiger partial charge in [0.15, 0.2) is 0 Å². The zero-order valence-electron chi connectivity index (χ0n) is 9.05. The Kier molecular flexibility index (Phi) is 1.79. The van der Waals surface area contributed by atoms with Crippen LogP contribution in [0.2, 0.25) is 0 Å². The fourth-order valence-electron chi connectivity index (χ4n) is 4.27. The van der Waals surface area contributed by atoms with Crippen molar-refractivity contribution in [3.05, 3.63) is 0 Å². The van der Waals surface area contributed by atoms with Gasteiger partial charge in [0.2, 0.25) is 0 Å². The molecule has 2 heteroatoms. The molecule has 0 aromatic carbocycles. The molecule has 3 fully saturated rings. The molecule has 3 aliphatic rings. The predicted molar refractivity (Wildman–Crippen MR) is 56.0 cm³/mol. The zero-order chi connectivity index (χ0) is 9.81. The van der Waals surface area contributed by atoms with Crippen molar-refractivity contribution in [1.82, 2.24) is 5.32 Å². The van der Waals surface area contributed by atoms with Gasteiger partial charge in [-0.2, -0.15) is 0 Å². The van der Waals surface area contributed by atoms with Gasteiger partial charge in [0.1, 0.15) is 0 Å². The number of hydrogen-bond acceptors (Lipinski definition) is 2. The van der Waals surface area contributed by atoms with Crippen LogP contribution in [0, 0.1) is 11.3 Å². The summed E-state index contributed by atoms with van der Waals surface area (Å²) in [5.41, 5.74) is 0.116. The van der Waals surface area contributed by atoms with Crippen LogP contribution in [-0.2, 0) is 0 Å². The average molecular weight is 195 g/mol. The zero-order valence-corrected chi connectivity index (χ0v) is 9.05. The highest BCUT2D eigenvalue weighted by atomic mass is 16.3. The molecule has 1 heterocycles. The third kappa shape index (κ3) is 1.17. The first-order valence-corrected chi connectivity index (χ1v) is 6.07. The number of rotatable bonds is 0. The molecule has 2 saturated carbocycles. The topological polar surface area (TPSA) is 32.3 Å². The summed E-state index contributed by atoms with van der Waals surface area (Å²) in [6.45, 7) is 3.52. The quantitative estimate of drug-likeness (QED) is 0.616. The van der Waals surface area contributed by atoms with E-state index in [9.17, 15) is 5.11 Å². The fraction of sp³-hybridized carbons (Fsp3) is 1.00. The maximum atomic E-state index is 10.6. The number of nitrogens with one attached hydrogen (secondary N) is 1. The first-order valence-electron chi connectivity index (χ1n) is 6.07. The number of hydrogen-bond donors (Lipinski definition) is 2. The first-order chi connectivity index (χ1) is 6.61. The van der Waals surface area contributed by atoms with E-state index in [1.54, 1.807) is 0 Å². The summed E-state index contributed by atoms with van der Waals surface area (Å²) in [6, 6.07) is 0.606. The van der Waals surface area contributed by atoms with Crippen molar-refractivity contribution >= 4 is 0 Å². The summed E-state index contributed by atoms with van der Waals surface area (Å²) in [6.07, 6.45) is 7.12. The van der Waals surface area contributed by atoms with Crippen molar-refractivity contribution in [2.24, 2.45) is 11.3 Å². The van der Waals surface area contributed by atoms with Gasteiger partial charge in [-0.05, 0) is 50.5 Å². The highest BCUT2D eigenvalue weighted by Gasteiger charge is 2.56. The van der Waals surface area contributed by atoms with E-state index in [4.69, 9.17) is 0 Å². The Balaban J connectivity index is 1.91. The first kappa shape index (κ1) is 9.17. The molecule has 14 heavy (non-hydrogen) atoms. The van der Waals surface area contributed by atoms with Gasteiger partial charge in [-0.1, -0.05) is 6.92 Å². The fourth-order valence-corrected chi connectivity index (χ4v) is 4.27. The van der Waals surface area contributed by atoms with Gasteiger partial charge in [-0.25, -0.2) is 0 Å². The average Bonchev–Trinajstić information content (AvgIpc) is 2.39. The lowest BCUT2D eigenvalue weighted by Crippen LogP contribution is -2.56. The highest BCUT2D eigenvalue weighted by Crippen LogP contribution is 2.57. The molecule has 1 saturated heterocycles. The minimum absolute atomic E-state index is 0.314. The Hall–Kier alpha value is -0.0800. The Bertz CT molecular complexity index is 255. The largest absolute Gasteiger partial charge is 0.390 e. The van der Waals surface area contributed by atoms with Gasteiger partial charge < -0.3 is 10.4 Å². The molecule has 0 radical (unpaired) electrons. The molecule has 80 valence electrons. The molecular formula is C12H21NO. The highest BCUT2D eigenvalue weighted by molar-refractivity contribution is 5.10. The van der Waals surface area contributed by atoms with Crippen molar-refractivity contribution in [3.8, 4) is 0 Å². The van der Waals surface area contributed by atoms with E-state index < -0.39 is 0 Å². The van der Waals surface area contributed by atoms with E-state index in [1.807, 2.05) is 0 Å². The van der Waals surface area contributed by atoms with Crippen LogP contribution in [0.4, 0.5) is 0 Å². The van der Waals surface area contributed by atoms with Crippen molar-refractivity contribution in [2.75, 3.05) is 6.54 Å². The molecule has 2 nitrogen and oxygen atoms in total. The third-order valence-electron chi connectivity index (χ3n) is 4.88. The molecule has 0 amide bonds. The maximum absolute atomic E-state index is 10.6. The van der Waals surface area contributed by atoms with Crippen LogP contribution < -0.4 is 5.32 Å². The molecule has 4 atom stereocenters. The Labute approximate surface area is 86.1 Å². The van der Waals surface area contributed by atoms with Crippen molar-refractivity contribution in [1.29, 1.82) is 0 Å². The Morgan fingerprint density at radius 1 is 1.36 bits per heavy atom. The number of aliphatic hydroxyl groups is 1. The Morgan fingerprint density at radius 2 is 2.21 bits per heavy atom. The second kappa shape index (κ2) is 2.73. The molecule has 1 aliphatic heterocycles. The molecule has 2 aliphatic carbocycles. The van der Waals surface area contributed by atoms with Gasteiger partial charge in [0.05, 0.1) is 5.60 Å². The molecule has 4 unspecified atom stereocenters. The number of piperidine rings is 1. The van der Waals surface area contributed by atoms with E-state index in [1.165, 1.54) is 25.7 Å². The summed E-state index contributed by atoms with van der Waals surface area (Å²) in [7, 11) is 0. The van der Waals surface area contributed by atoms with Crippen molar-refractivity contribution in [2.45, 2.75) is 57.1 Å². The summed E-state index contributed by atoms with van der Waals surface area (Å²) in [5.74, 6) is 0.548. The van der Waals surface area contributed by atoms with E-state index in [-0.39, 0.29) is 5.60 Å². The molecular weight excluding hydrogens is 174 g/mol.